The van der Waals surface area contributed by atoms with Crippen LogP contribution >= 0.6 is 11.8 Å². The highest BCUT2D eigenvalue weighted by atomic mass is 32.2. The molecule has 15 heavy (non-hydrogen) atoms. The van der Waals surface area contributed by atoms with E-state index in [2.05, 4.69) is 9.97 Å². The van der Waals surface area contributed by atoms with E-state index in [1.165, 1.54) is 5.56 Å². The second kappa shape index (κ2) is 4.61. The standard InChI is InChI=1S/C10H12N2O2S/c13-10(14)2-1-9-11-5-7-3-4-15-6-8(7)12-9/h5H,1-4,6H2,(H,13,14). The van der Waals surface area contributed by atoms with Crippen LogP contribution in [-0.4, -0.2) is 26.8 Å². The van der Waals surface area contributed by atoms with Crippen molar-refractivity contribution in [2.24, 2.45) is 0 Å². The number of thioether (sulfide) groups is 1. The fraction of sp³-hybridized carbons (Fsp3) is 0.500. The van der Waals surface area contributed by atoms with Crippen LogP contribution in [0.2, 0.25) is 0 Å². The summed E-state index contributed by atoms with van der Waals surface area (Å²) in [7, 11) is 0. The van der Waals surface area contributed by atoms with E-state index < -0.39 is 5.97 Å². The minimum Gasteiger partial charge on any atom is -0.481 e. The van der Waals surface area contributed by atoms with Crippen molar-refractivity contribution in [3.63, 3.8) is 0 Å². The van der Waals surface area contributed by atoms with Crippen LogP contribution in [0.1, 0.15) is 23.5 Å². The van der Waals surface area contributed by atoms with Crippen molar-refractivity contribution in [1.29, 1.82) is 0 Å². The van der Waals surface area contributed by atoms with Crippen LogP contribution in [0.25, 0.3) is 0 Å². The molecule has 1 aromatic heterocycles. The van der Waals surface area contributed by atoms with Gasteiger partial charge in [-0.2, -0.15) is 11.8 Å². The van der Waals surface area contributed by atoms with Crippen molar-refractivity contribution in [1.82, 2.24) is 9.97 Å². The maximum atomic E-state index is 10.4. The molecule has 0 fully saturated rings. The Morgan fingerprint density at radius 3 is 3.27 bits per heavy atom. The van der Waals surface area contributed by atoms with Gasteiger partial charge in [0.25, 0.3) is 0 Å². The third kappa shape index (κ3) is 2.68. The average Bonchev–Trinajstić information content (AvgIpc) is 2.26. The Morgan fingerprint density at radius 2 is 2.47 bits per heavy atom. The van der Waals surface area contributed by atoms with Gasteiger partial charge in [-0.1, -0.05) is 0 Å². The zero-order valence-electron chi connectivity index (χ0n) is 8.27. The molecule has 1 aromatic rings. The van der Waals surface area contributed by atoms with Crippen molar-refractivity contribution in [3.05, 3.63) is 23.3 Å². The summed E-state index contributed by atoms with van der Waals surface area (Å²) in [5.74, 6) is 1.91. The molecule has 1 aliphatic rings. The number of carbonyl (C=O) groups is 1. The number of aliphatic carboxylic acids is 1. The van der Waals surface area contributed by atoms with Crippen LogP contribution in [0.4, 0.5) is 0 Å². The molecule has 0 saturated heterocycles. The number of hydrogen-bond donors (Lipinski definition) is 1. The van der Waals surface area contributed by atoms with Gasteiger partial charge in [-0.05, 0) is 17.7 Å². The average molecular weight is 224 g/mol. The summed E-state index contributed by atoms with van der Waals surface area (Å²) in [5.41, 5.74) is 2.30. The molecule has 0 aromatic carbocycles. The van der Waals surface area contributed by atoms with Crippen molar-refractivity contribution in [2.45, 2.75) is 25.0 Å². The van der Waals surface area contributed by atoms with Gasteiger partial charge < -0.3 is 5.11 Å². The van der Waals surface area contributed by atoms with E-state index in [4.69, 9.17) is 5.11 Å². The number of fused-ring (bicyclic) bond motifs is 1. The first-order valence-electron chi connectivity index (χ1n) is 4.89. The lowest BCUT2D eigenvalue weighted by Crippen LogP contribution is -2.09. The first-order chi connectivity index (χ1) is 7.25. The molecule has 2 rings (SSSR count). The molecular weight excluding hydrogens is 212 g/mol. The summed E-state index contributed by atoms with van der Waals surface area (Å²) < 4.78 is 0. The van der Waals surface area contributed by atoms with Gasteiger partial charge in [-0.3, -0.25) is 4.79 Å². The van der Waals surface area contributed by atoms with E-state index in [1.807, 2.05) is 18.0 Å². The van der Waals surface area contributed by atoms with E-state index in [0.717, 1.165) is 23.6 Å². The molecule has 4 nitrogen and oxygen atoms in total. The highest BCUT2D eigenvalue weighted by Crippen LogP contribution is 2.22. The third-order valence-corrected chi connectivity index (χ3v) is 3.29. The zero-order chi connectivity index (χ0) is 10.7. The summed E-state index contributed by atoms with van der Waals surface area (Å²) in [6.45, 7) is 0. The predicted octanol–water partition coefficient (Wildman–Crippen LogP) is 1.28. The van der Waals surface area contributed by atoms with Crippen LogP contribution in [0, 0.1) is 0 Å². The third-order valence-electron chi connectivity index (χ3n) is 2.32. The van der Waals surface area contributed by atoms with Crippen LogP contribution in [0.5, 0.6) is 0 Å². The molecule has 1 aliphatic heterocycles. The van der Waals surface area contributed by atoms with E-state index in [1.54, 1.807) is 0 Å². The molecule has 5 heteroatoms. The van der Waals surface area contributed by atoms with E-state index in [-0.39, 0.29) is 6.42 Å². The number of rotatable bonds is 3. The summed E-state index contributed by atoms with van der Waals surface area (Å²) in [5, 5.41) is 8.55. The summed E-state index contributed by atoms with van der Waals surface area (Å²) in [4.78, 5) is 19.0. The maximum Gasteiger partial charge on any atom is 0.303 e. The van der Waals surface area contributed by atoms with Crippen molar-refractivity contribution in [2.75, 3.05) is 5.75 Å². The lowest BCUT2D eigenvalue weighted by Gasteiger charge is -2.14. The monoisotopic (exact) mass is 224 g/mol. The van der Waals surface area contributed by atoms with Gasteiger partial charge in [-0.15, -0.1) is 0 Å². The normalized spacial score (nSPS) is 14.7. The molecule has 80 valence electrons. The molecule has 0 unspecified atom stereocenters. The Labute approximate surface area is 92.1 Å². The Bertz CT molecular complexity index is 382. The van der Waals surface area contributed by atoms with E-state index in [0.29, 0.717) is 12.2 Å². The van der Waals surface area contributed by atoms with Gasteiger partial charge in [0.05, 0.1) is 12.1 Å². The van der Waals surface area contributed by atoms with E-state index >= 15 is 0 Å². The highest BCUT2D eigenvalue weighted by molar-refractivity contribution is 7.98. The molecule has 0 radical (unpaired) electrons. The first kappa shape index (κ1) is 10.4. The van der Waals surface area contributed by atoms with Gasteiger partial charge in [0.2, 0.25) is 0 Å². The molecule has 0 spiro atoms. The second-order valence-corrected chi connectivity index (χ2v) is 4.56. The lowest BCUT2D eigenvalue weighted by atomic mass is 10.2. The quantitative estimate of drug-likeness (QED) is 0.838. The first-order valence-corrected chi connectivity index (χ1v) is 6.04. The fourth-order valence-corrected chi connectivity index (χ4v) is 2.46. The number of carboxylic acid groups (broad SMARTS) is 1. The summed E-state index contributed by atoms with van der Waals surface area (Å²) in [6.07, 6.45) is 3.40. The van der Waals surface area contributed by atoms with E-state index in [9.17, 15) is 4.79 Å². The maximum absolute atomic E-state index is 10.4. The highest BCUT2D eigenvalue weighted by Gasteiger charge is 2.12. The molecule has 0 atom stereocenters. The van der Waals surface area contributed by atoms with Crippen molar-refractivity contribution >= 4 is 17.7 Å². The minimum absolute atomic E-state index is 0.103. The molecular formula is C10H12N2O2S. The minimum atomic E-state index is -0.800. The van der Waals surface area contributed by atoms with Gasteiger partial charge in [0.1, 0.15) is 5.82 Å². The largest absolute Gasteiger partial charge is 0.481 e. The van der Waals surface area contributed by atoms with Crippen molar-refractivity contribution in [3.8, 4) is 0 Å². The number of nitrogens with zero attached hydrogens (tertiary/aromatic N) is 2. The molecule has 0 aliphatic carbocycles. The van der Waals surface area contributed by atoms with Crippen LogP contribution in [-0.2, 0) is 23.4 Å². The zero-order valence-corrected chi connectivity index (χ0v) is 9.09. The molecule has 1 N–H and O–H groups in total. The smallest absolute Gasteiger partial charge is 0.303 e. The molecule has 2 heterocycles. The van der Waals surface area contributed by atoms with Gasteiger partial charge in [0, 0.05) is 18.4 Å². The number of hydrogen-bond acceptors (Lipinski definition) is 4. The molecule has 0 amide bonds. The Morgan fingerprint density at radius 1 is 1.60 bits per heavy atom. The SMILES string of the molecule is O=C(O)CCc1ncc2c(n1)CSCC2. The van der Waals surface area contributed by atoms with Crippen LogP contribution < -0.4 is 0 Å². The van der Waals surface area contributed by atoms with Crippen LogP contribution in [0.3, 0.4) is 0 Å². The number of carboxylic acids is 1. The number of aryl methyl sites for hydroxylation is 2. The van der Waals surface area contributed by atoms with Gasteiger partial charge in [0.15, 0.2) is 0 Å². The lowest BCUT2D eigenvalue weighted by molar-refractivity contribution is -0.137. The Kier molecular flexibility index (Phi) is 3.20. The van der Waals surface area contributed by atoms with Crippen LogP contribution in [0.15, 0.2) is 6.20 Å². The summed E-state index contributed by atoms with van der Waals surface area (Å²) in [6, 6.07) is 0. The Balaban J connectivity index is 2.10. The molecule has 0 saturated carbocycles. The second-order valence-electron chi connectivity index (χ2n) is 3.45. The number of aromatic nitrogens is 2. The topological polar surface area (TPSA) is 63.1 Å². The predicted molar refractivity (Wildman–Crippen MR) is 57.9 cm³/mol. The Hall–Kier alpha value is -1.10. The molecule has 0 bridgehead atoms. The summed E-state index contributed by atoms with van der Waals surface area (Å²) >= 11 is 1.86. The van der Waals surface area contributed by atoms with Gasteiger partial charge in [-0.25, -0.2) is 9.97 Å². The van der Waals surface area contributed by atoms with Crippen molar-refractivity contribution < 1.29 is 9.90 Å². The fourth-order valence-electron chi connectivity index (χ4n) is 1.51. The van der Waals surface area contributed by atoms with Gasteiger partial charge >= 0.3 is 5.97 Å².